The molecule has 0 bridgehead atoms. The van der Waals surface area contributed by atoms with Gasteiger partial charge in [0.25, 0.3) is 0 Å². The molecule has 0 fully saturated rings. The number of nitrogens with two attached hydrogens (primary N) is 1. The van der Waals surface area contributed by atoms with Crippen LogP contribution in [0.4, 0.5) is 24.8 Å². The quantitative estimate of drug-likeness (QED) is 0.425. The van der Waals surface area contributed by atoms with Crippen LogP contribution in [0.1, 0.15) is 5.56 Å². The summed E-state index contributed by atoms with van der Waals surface area (Å²) in [6, 6.07) is 11.8. The van der Waals surface area contributed by atoms with Gasteiger partial charge in [-0.2, -0.15) is 18.2 Å². The van der Waals surface area contributed by atoms with E-state index in [9.17, 15) is 13.2 Å². The highest BCUT2D eigenvalue weighted by molar-refractivity contribution is 5.76. The summed E-state index contributed by atoms with van der Waals surface area (Å²) in [4.78, 5) is 8.11. The Bertz CT molecular complexity index is 1040. The number of aromatic amines is 1. The summed E-state index contributed by atoms with van der Waals surface area (Å²) in [6.45, 7) is 0. The molecule has 10 heteroatoms. The maximum Gasteiger partial charge on any atom is 0.416 e. The number of rotatable bonds is 6. The molecule has 0 atom stereocenters. The van der Waals surface area contributed by atoms with Gasteiger partial charge in [-0.05, 0) is 30.3 Å². The van der Waals surface area contributed by atoms with Gasteiger partial charge < -0.3 is 15.8 Å². The van der Waals surface area contributed by atoms with Crippen LogP contribution in [0, 0.1) is 0 Å². The zero-order valence-electron chi connectivity index (χ0n) is 15.2. The van der Waals surface area contributed by atoms with E-state index >= 15 is 0 Å². The monoisotopic (exact) mass is 402 g/mol. The van der Waals surface area contributed by atoms with Crippen molar-refractivity contribution in [2.75, 3.05) is 12.4 Å². The van der Waals surface area contributed by atoms with Crippen LogP contribution in [0.2, 0.25) is 0 Å². The first-order valence-corrected chi connectivity index (χ1v) is 8.38. The minimum atomic E-state index is -4.43. The lowest BCUT2D eigenvalue weighted by Crippen LogP contribution is -2.05. The number of aliphatic imine (C=N–C) groups is 1. The number of nitrogens with zero attached hydrogens (tertiary/aromatic N) is 3. The lowest BCUT2D eigenvalue weighted by atomic mass is 10.2. The van der Waals surface area contributed by atoms with Crippen molar-refractivity contribution in [2.24, 2.45) is 10.7 Å². The van der Waals surface area contributed by atoms with Crippen LogP contribution in [0.3, 0.4) is 0 Å². The Hall–Kier alpha value is -3.82. The van der Waals surface area contributed by atoms with Crippen LogP contribution in [0.25, 0.3) is 11.4 Å². The molecule has 0 radical (unpaired) electrons. The van der Waals surface area contributed by atoms with Gasteiger partial charge in [0.2, 0.25) is 5.95 Å². The number of benzene rings is 2. The second kappa shape index (κ2) is 8.46. The van der Waals surface area contributed by atoms with E-state index in [1.165, 1.54) is 24.5 Å². The molecule has 150 valence electrons. The molecule has 2 aromatic carbocycles. The average molecular weight is 402 g/mol. The fourth-order valence-electron chi connectivity index (χ4n) is 2.42. The summed E-state index contributed by atoms with van der Waals surface area (Å²) in [6.07, 6.45) is -1.68. The van der Waals surface area contributed by atoms with Gasteiger partial charge in [-0.3, -0.25) is 10.1 Å². The van der Waals surface area contributed by atoms with Crippen LogP contribution >= 0.6 is 0 Å². The Morgan fingerprint density at radius 3 is 2.72 bits per heavy atom. The Morgan fingerprint density at radius 2 is 2.00 bits per heavy atom. The first-order valence-electron chi connectivity index (χ1n) is 8.38. The smallest absolute Gasteiger partial charge is 0.416 e. The molecule has 0 aliphatic rings. The number of hydrogen-bond donors (Lipinski definition) is 3. The SMILES string of the molecule is CN=CC(=CN)Oc1cccc(-c2nc(Nc3cccc(C(F)(F)F)c3)n[nH]2)c1. The standard InChI is InChI=1S/C19H17F3N6O/c1-24-11-16(10-23)29-15-7-2-4-12(8-15)17-26-18(28-27-17)25-14-6-3-5-13(9-14)19(20,21)22/h2-11H,23H2,1H3,(H2,25,26,27,28). The molecule has 0 saturated heterocycles. The normalized spacial score (nSPS) is 12.3. The topological polar surface area (TPSA) is 101 Å². The van der Waals surface area contributed by atoms with E-state index in [0.29, 0.717) is 22.9 Å². The number of nitrogens with one attached hydrogen (secondary N) is 2. The first kappa shape index (κ1) is 19.9. The number of aromatic nitrogens is 3. The Morgan fingerprint density at radius 1 is 1.21 bits per heavy atom. The Kier molecular flexibility index (Phi) is 5.82. The van der Waals surface area contributed by atoms with Gasteiger partial charge in [0, 0.05) is 24.5 Å². The number of ether oxygens (including phenoxy) is 1. The fraction of sp³-hybridized carbons (Fsp3) is 0.105. The number of halogens is 3. The van der Waals surface area contributed by atoms with E-state index < -0.39 is 11.7 Å². The van der Waals surface area contributed by atoms with Crippen LogP contribution in [-0.4, -0.2) is 28.4 Å². The lowest BCUT2D eigenvalue weighted by Gasteiger charge is -2.08. The van der Waals surface area contributed by atoms with Gasteiger partial charge in [-0.15, -0.1) is 5.10 Å². The van der Waals surface area contributed by atoms with Gasteiger partial charge in [-0.25, -0.2) is 0 Å². The number of alkyl halides is 3. The van der Waals surface area contributed by atoms with Crippen molar-refractivity contribution < 1.29 is 17.9 Å². The molecule has 29 heavy (non-hydrogen) atoms. The third-order valence-electron chi connectivity index (χ3n) is 3.70. The summed E-state index contributed by atoms with van der Waals surface area (Å²) in [5.74, 6) is 1.41. The van der Waals surface area contributed by atoms with E-state index in [1.54, 1.807) is 31.3 Å². The second-order valence-corrected chi connectivity index (χ2v) is 5.80. The molecule has 1 aromatic heterocycles. The lowest BCUT2D eigenvalue weighted by molar-refractivity contribution is -0.137. The summed E-state index contributed by atoms with van der Waals surface area (Å²) < 4.78 is 44.1. The van der Waals surface area contributed by atoms with Crippen LogP contribution in [-0.2, 0) is 6.18 Å². The highest BCUT2D eigenvalue weighted by Crippen LogP contribution is 2.31. The van der Waals surface area contributed by atoms with Crippen molar-refractivity contribution in [3.05, 3.63) is 66.1 Å². The summed E-state index contributed by atoms with van der Waals surface area (Å²) >= 11 is 0. The zero-order valence-corrected chi connectivity index (χ0v) is 15.2. The minimum Gasteiger partial charge on any atom is -0.454 e. The Balaban J connectivity index is 1.78. The van der Waals surface area contributed by atoms with E-state index in [0.717, 1.165) is 12.1 Å². The van der Waals surface area contributed by atoms with Crippen molar-refractivity contribution in [3.8, 4) is 17.1 Å². The van der Waals surface area contributed by atoms with Crippen molar-refractivity contribution in [1.82, 2.24) is 15.2 Å². The number of anilines is 2. The third-order valence-corrected chi connectivity index (χ3v) is 3.70. The molecule has 0 unspecified atom stereocenters. The van der Waals surface area contributed by atoms with Gasteiger partial charge >= 0.3 is 6.18 Å². The highest BCUT2D eigenvalue weighted by atomic mass is 19.4. The molecular formula is C19H17F3N6O. The van der Waals surface area contributed by atoms with Gasteiger partial charge in [0.05, 0.1) is 11.8 Å². The highest BCUT2D eigenvalue weighted by Gasteiger charge is 2.30. The van der Waals surface area contributed by atoms with Crippen molar-refractivity contribution >= 4 is 17.9 Å². The molecule has 0 saturated carbocycles. The predicted molar refractivity (Wildman–Crippen MR) is 104 cm³/mol. The number of allylic oxidation sites excluding steroid dienone is 1. The fourth-order valence-corrected chi connectivity index (χ4v) is 2.42. The van der Waals surface area contributed by atoms with Crippen molar-refractivity contribution in [3.63, 3.8) is 0 Å². The molecule has 1 heterocycles. The summed E-state index contributed by atoms with van der Waals surface area (Å²) in [7, 11) is 1.59. The van der Waals surface area contributed by atoms with Gasteiger partial charge in [0.15, 0.2) is 11.6 Å². The van der Waals surface area contributed by atoms with Crippen LogP contribution in [0.5, 0.6) is 5.75 Å². The van der Waals surface area contributed by atoms with Crippen molar-refractivity contribution in [2.45, 2.75) is 6.18 Å². The zero-order chi connectivity index (χ0) is 20.9. The minimum absolute atomic E-state index is 0.131. The maximum atomic E-state index is 12.8. The molecule has 3 rings (SSSR count). The van der Waals surface area contributed by atoms with E-state index in [4.69, 9.17) is 10.5 Å². The van der Waals surface area contributed by atoms with E-state index in [-0.39, 0.29) is 11.6 Å². The van der Waals surface area contributed by atoms with Gasteiger partial charge in [0.1, 0.15) is 5.75 Å². The molecule has 0 aliphatic heterocycles. The predicted octanol–water partition coefficient (Wildman–Crippen LogP) is 4.11. The Labute approximate surface area is 164 Å². The molecule has 4 N–H and O–H groups in total. The average Bonchev–Trinajstić information content (AvgIpc) is 3.16. The number of H-pyrrole nitrogens is 1. The van der Waals surface area contributed by atoms with E-state index in [2.05, 4.69) is 25.5 Å². The molecule has 7 nitrogen and oxygen atoms in total. The van der Waals surface area contributed by atoms with Crippen molar-refractivity contribution in [1.29, 1.82) is 0 Å². The summed E-state index contributed by atoms with van der Waals surface area (Å²) in [5.41, 5.74) is 5.61. The van der Waals surface area contributed by atoms with Gasteiger partial charge in [-0.1, -0.05) is 18.2 Å². The van der Waals surface area contributed by atoms with Crippen LogP contribution < -0.4 is 15.8 Å². The third kappa shape index (κ3) is 5.12. The second-order valence-electron chi connectivity index (χ2n) is 5.80. The molecule has 3 aromatic rings. The maximum absolute atomic E-state index is 12.8. The molecule has 0 amide bonds. The van der Waals surface area contributed by atoms with Crippen LogP contribution in [0.15, 0.2) is 65.5 Å². The molecule has 0 spiro atoms. The number of hydrogen-bond acceptors (Lipinski definition) is 6. The molecule has 0 aliphatic carbocycles. The summed E-state index contributed by atoms with van der Waals surface area (Å²) in [5, 5.41) is 9.49. The van der Waals surface area contributed by atoms with E-state index in [1.807, 2.05) is 0 Å². The largest absolute Gasteiger partial charge is 0.454 e. The first-order chi connectivity index (χ1) is 13.9. The molecular weight excluding hydrogens is 385 g/mol.